The summed E-state index contributed by atoms with van der Waals surface area (Å²) in [5.74, 6) is 0. The Labute approximate surface area is 177 Å². The summed E-state index contributed by atoms with van der Waals surface area (Å²) in [6.07, 6.45) is 0. The number of hydrogen-bond acceptors (Lipinski definition) is 0. The molecule has 1 radical (unpaired) electrons. The minimum atomic E-state index is 0. The van der Waals surface area contributed by atoms with E-state index in [1.165, 1.54) is 27.5 Å². The molecule has 0 spiro atoms. The van der Waals surface area contributed by atoms with Crippen LogP contribution in [-0.4, -0.2) is 15.7 Å². The first-order chi connectivity index (χ1) is 10.6. The zero-order valence-corrected chi connectivity index (χ0v) is 21.1. The van der Waals surface area contributed by atoms with Crippen molar-refractivity contribution in [3.8, 4) is 11.1 Å². The van der Waals surface area contributed by atoms with Gasteiger partial charge in [-0.2, -0.15) is 6.07 Å². The van der Waals surface area contributed by atoms with E-state index in [2.05, 4.69) is 87.2 Å². The monoisotopic (exact) mass is 468 g/mol. The van der Waals surface area contributed by atoms with E-state index in [-0.39, 0.29) is 33.6 Å². The van der Waals surface area contributed by atoms with Gasteiger partial charge in [-0.1, -0.05) is 68.5 Å². The van der Waals surface area contributed by atoms with Gasteiger partial charge in [0.2, 0.25) is 0 Å². The normalized spacial score (nSPS) is 8.96. The number of rotatable bonds is 1. The van der Waals surface area contributed by atoms with Crippen LogP contribution in [-0.2, 0) is 23.3 Å². The van der Waals surface area contributed by atoms with Gasteiger partial charge in [0.05, 0.1) is 0 Å². The van der Waals surface area contributed by atoms with E-state index >= 15 is 0 Å². The Morgan fingerprint density at radius 3 is 1.96 bits per heavy atom. The van der Waals surface area contributed by atoms with Crippen LogP contribution in [0.1, 0.15) is 5.56 Å². The third-order valence-electron chi connectivity index (χ3n) is 2.98. The molecule has 0 atom stereocenters. The molecule has 5 heteroatoms. The quantitative estimate of drug-likeness (QED) is 0.316. The molecule has 0 aliphatic rings. The van der Waals surface area contributed by atoms with Gasteiger partial charge in [0.15, 0.2) is 0 Å². The minimum absolute atomic E-state index is 0. The average Bonchev–Trinajstić information content (AvgIpc) is 2.89. The van der Waals surface area contributed by atoms with Crippen molar-refractivity contribution in [1.82, 2.24) is 0 Å². The molecule has 0 unspecified atom stereocenters. The van der Waals surface area contributed by atoms with E-state index < -0.39 is 0 Å². The summed E-state index contributed by atoms with van der Waals surface area (Å²) in [7, 11) is 0.120. The Hall–Kier alpha value is -0.0531. The number of hydrogen-bond donors (Lipinski definition) is 0. The number of benzene rings is 2. The van der Waals surface area contributed by atoms with Crippen molar-refractivity contribution in [2.24, 2.45) is 0 Å². The Morgan fingerprint density at radius 2 is 1.42 bits per heavy atom. The molecule has 0 aliphatic carbocycles. The van der Waals surface area contributed by atoms with Crippen LogP contribution < -0.4 is 24.8 Å². The van der Waals surface area contributed by atoms with Crippen molar-refractivity contribution in [1.29, 1.82) is 0 Å². The first-order valence-electron chi connectivity index (χ1n) is 7.41. The predicted molar refractivity (Wildman–Crippen MR) is 102 cm³/mol. The van der Waals surface area contributed by atoms with Crippen molar-refractivity contribution < 1.29 is 48.1 Å². The summed E-state index contributed by atoms with van der Waals surface area (Å²) in [4.78, 5) is 0. The van der Waals surface area contributed by atoms with E-state index in [0.29, 0.717) is 0 Å². The van der Waals surface area contributed by atoms with Gasteiger partial charge in [-0.15, -0.1) is 34.5 Å². The second-order valence-electron chi connectivity index (χ2n) is 5.71. The van der Waals surface area contributed by atoms with Crippen LogP contribution in [0.15, 0.2) is 60.7 Å². The molecule has 0 saturated heterocycles. The second-order valence-corrected chi connectivity index (χ2v) is 8.71. The van der Waals surface area contributed by atoms with Gasteiger partial charge >= 0.3 is 30.2 Å². The summed E-state index contributed by atoms with van der Waals surface area (Å²) in [6.45, 7) is 10.9. The summed E-state index contributed by atoms with van der Waals surface area (Å²) in [5.41, 5.74) is 3.95. The van der Waals surface area contributed by atoms with Gasteiger partial charge in [-0.05, 0) is 5.56 Å². The van der Waals surface area contributed by atoms with Crippen molar-refractivity contribution in [3.05, 3.63) is 66.2 Å². The van der Waals surface area contributed by atoms with E-state index in [1.807, 2.05) is 6.88 Å². The van der Waals surface area contributed by atoms with Crippen LogP contribution >= 0.6 is 0 Å². The molecule has 0 heterocycles. The number of aryl methyl sites for hydroxylation is 1. The fraction of sp³-hybridized carbons (Fsp3) is 0.211. The van der Waals surface area contributed by atoms with Gasteiger partial charge < -0.3 is 24.8 Å². The number of fused-ring (bicyclic) bond motifs is 1. The standard InChI is InChI=1S/C16H13.C3H9Si.2ClH.H2Si.Zr/c1-12-10-14-8-5-9-15(16(14)11-12)13-6-3-2-4-7-13;1-4(2)3;;;;/h2-11H,1H3;1-3H3;2*1H;1H2;/q-1;;;;;+2/p-2. The van der Waals surface area contributed by atoms with Gasteiger partial charge in [0.1, 0.15) is 0 Å². The molecular weight excluding hydrogens is 447 g/mol. The fourth-order valence-electron chi connectivity index (χ4n) is 2.25. The van der Waals surface area contributed by atoms with E-state index in [4.69, 9.17) is 0 Å². The Morgan fingerprint density at radius 1 is 0.875 bits per heavy atom. The molecule has 0 bridgehead atoms. The van der Waals surface area contributed by atoms with Gasteiger partial charge in [0, 0.05) is 8.80 Å². The van der Waals surface area contributed by atoms with Crippen LogP contribution in [0, 0.1) is 6.92 Å². The number of halogens is 2. The van der Waals surface area contributed by atoms with Crippen LogP contribution in [0.4, 0.5) is 0 Å². The van der Waals surface area contributed by atoms with E-state index in [9.17, 15) is 0 Å². The molecule has 3 aromatic rings. The third kappa shape index (κ3) is 8.36. The zero-order chi connectivity index (χ0) is 16.5. The molecule has 0 nitrogen and oxygen atoms in total. The van der Waals surface area contributed by atoms with Gasteiger partial charge in [-0.3, -0.25) is 0 Å². The Kier molecular flexibility index (Phi) is 15.4. The van der Waals surface area contributed by atoms with E-state index in [1.54, 1.807) is 23.3 Å². The fourth-order valence-corrected chi connectivity index (χ4v) is 2.25. The van der Waals surface area contributed by atoms with Crippen molar-refractivity contribution >= 4 is 26.4 Å². The van der Waals surface area contributed by atoms with Crippen molar-refractivity contribution in [3.63, 3.8) is 0 Å². The van der Waals surface area contributed by atoms with Crippen molar-refractivity contribution in [2.45, 2.75) is 26.6 Å². The summed E-state index contributed by atoms with van der Waals surface area (Å²) in [5, 5.41) is 2.69. The van der Waals surface area contributed by atoms with Crippen LogP contribution in [0.3, 0.4) is 0 Å². The summed E-state index contributed by atoms with van der Waals surface area (Å²) in [6, 6.07) is 21.6. The summed E-state index contributed by atoms with van der Waals surface area (Å²) < 4.78 is 0. The maximum atomic E-state index is 2.27. The first-order valence-corrected chi connectivity index (χ1v) is 16.3. The van der Waals surface area contributed by atoms with E-state index in [0.717, 1.165) is 0 Å². The molecule has 127 valence electrons. The maximum absolute atomic E-state index is 2.27. The molecule has 0 aromatic heterocycles. The molecule has 0 N–H and O–H groups in total. The molecule has 0 saturated carbocycles. The third-order valence-corrected chi connectivity index (χ3v) is 2.98. The molecular formula is C19H24Cl2Si2Zr-. The molecule has 0 fully saturated rings. The van der Waals surface area contributed by atoms with Crippen LogP contribution in [0.2, 0.25) is 19.6 Å². The molecule has 3 aromatic carbocycles. The first kappa shape index (κ1) is 26.2. The molecule has 3 rings (SSSR count). The topological polar surface area (TPSA) is 0 Å². The van der Waals surface area contributed by atoms with Crippen molar-refractivity contribution in [2.75, 3.05) is 0 Å². The molecule has 0 amide bonds. The molecule has 24 heavy (non-hydrogen) atoms. The predicted octanol–water partition coefficient (Wildman–Crippen LogP) is -1.01. The second kappa shape index (κ2) is 14.2. The van der Waals surface area contributed by atoms with Crippen LogP contribution in [0.25, 0.3) is 21.9 Å². The SMILES string of the molecule is C[Si](C)C.Cc1cc2c(-c3ccccc3)cccc2[cH-]1.[Cl-].[Cl-].[SiH2]=[Zr+2]. The molecule has 0 aliphatic heterocycles. The van der Waals surface area contributed by atoms with Crippen LogP contribution in [0.5, 0.6) is 0 Å². The Bertz CT molecular complexity index is 694. The Balaban J connectivity index is 0. The summed E-state index contributed by atoms with van der Waals surface area (Å²) >= 11 is 1.58. The van der Waals surface area contributed by atoms with Gasteiger partial charge in [0.25, 0.3) is 0 Å². The van der Waals surface area contributed by atoms with Gasteiger partial charge in [-0.25, -0.2) is 0 Å². The average molecular weight is 471 g/mol. The zero-order valence-electron chi connectivity index (χ0n) is 14.7.